The van der Waals surface area contributed by atoms with Crippen molar-refractivity contribution in [2.24, 2.45) is 0 Å². The molecule has 0 aliphatic heterocycles. The Bertz CT molecular complexity index is 378. The van der Waals surface area contributed by atoms with Gasteiger partial charge in [0.1, 0.15) is 0 Å². The van der Waals surface area contributed by atoms with E-state index in [1.807, 2.05) is 0 Å². The van der Waals surface area contributed by atoms with Crippen molar-refractivity contribution in [3.63, 3.8) is 0 Å². The van der Waals surface area contributed by atoms with Crippen LogP contribution in [0.25, 0.3) is 0 Å². The lowest BCUT2D eigenvalue weighted by molar-refractivity contribution is 0.0601. The molecule has 0 radical (unpaired) electrons. The van der Waals surface area contributed by atoms with E-state index in [1.165, 1.54) is 7.11 Å². The van der Waals surface area contributed by atoms with Gasteiger partial charge in [-0.2, -0.15) is 0 Å². The molecule has 1 aromatic carbocycles. The summed E-state index contributed by atoms with van der Waals surface area (Å²) < 4.78 is 4.59. The van der Waals surface area contributed by atoms with Crippen molar-refractivity contribution in [3.8, 4) is 0 Å². The summed E-state index contributed by atoms with van der Waals surface area (Å²) in [5.41, 5.74) is 6.71. The van der Waals surface area contributed by atoms with Gasteiger partial charge in [-0.1, -0.05) is 0 Å². The number of anilines is 1. The predicted molar refractivity (Wildman–Crippen MR) is 66.2 cm³/mol. The molecule has 5 nitrogen and oxygen atoms in total. The molecule has 0 spiro atoms. The van der Waals surface area contributed by atoms with E-state index in [-0.39, 0.29) is 5.97 Å². The SMILES string of the molecule is CNNC(=S)Nc1ccc(C(=O)OC)cc1. The zero-order chi connectivity index (χ0) is 12.0. The fraction of sp³-hybridized carbons (Fsp3) is 0.200. The molecule has 3 N–H and O–H groups in total. The van der Waals surface area contributed by atoms with Gasteiger partial charge >= 0.3 is 5.97 Å². The van der Waals surface area contributed by atoms with Gasteiger partial charge in [0.05, 0.1) is 12.7 Å². The Morgan fingerprint density at radius 1 is 1.31 bits per heavy atom. The minimum Gasteiger partial charge on any atom is -0.465 e. The minimum absolute atomic E-state index is 0.359. The van der Waals surface area contributed by atoms with Gasteiger partial charge in [0, 0.05) is 12.7 Å². The smallest absolute Gasteiger partial charge is 0.337 e. The Morgan fingerprint density at radius 3 is 2.44 bits per heavy atom. The Labute approximate surface area is 99.1 Å². The van der Waals surface area contributed by atoms with Crippen LogP contribution in [0.1, 0.15) is 10.4 Å². The number of rotatable bonds is 3. The van der Waals surface area contributed by atoms with Crippen LogP contribution < -0.4 is 16.2 Å². The number of carbonyl (C=O) groups is 1. The average molecular weight is 239 g/mol. The van der Waals surface area contributed by atoms with Crippen molar-refractivity contribution in [2.45, 2.75) is 0 Å². The molecule has 16 heavy (non-hydrogen) atoms. The monoisotopic (exact) mass is 239 g/mol. The number of hydrazine groups is 1. The maximum Gasteiger partial charge on any atom is 0.337 e. The summed E-state index contributed by atoms with van der Waals surface area (Å²) >= 11 is 4.97. The fourth-order valence-electron chi connectivity index (χ4n) is 1.08. The van der Waals surface area contributed by atoms with Crippen molar-refractivity contribution in [1.82, 2.24) is 10.9 Å². The van der Waals surface area contributed by atoms with Gasteiger partial charge in [-0.25, -0.2) is 10.2 Å². The number of methoxy groups -OCH3 is 1. The van der Waals surface area contributed by atoms with E-state index in [9.17, 15) is 4.79 Å². The van der Waals surface area contributed by atoms with E-state index >= 15 is 0 Å². The largest absolute Gasteiger partial charge is 0.465 e. The molecule has 0 fully saturated rings. The van der Waals surface area contributed by atoms with Gasteiger partial charge in [-0.3, -0.25) is 5.43 Å². The summed E-state index contributed by atoms with van der Waals surface area (Å²) in [5, 5.41) is 3.38. The van der Waals surface area contributed by atoms with Crippen molar-refractivity contribution in [2.75, 3.05) is 19.5 Å². The van der Waals surface area contributed by atoms with Crippen LogP contribution in [0, 0.1) is 0 Å². The molecular formula is C10H13N3O2S. The Balaban J connectivity index is 2.64. The standard InChI is InChI=1S/C10H13N3O2S/c1-11-13-10(16)12-8-5-3-7(4-6-8)9(14)15-2/h3-6,11H,1-2H3,(H2,12,13,16). The summed E-state index contributed by atoms with van der Waals surface area (Å²) in [7, 11) is 3.06. The highest BCUT2D eigenvalue weighted by Gasteiger charge is 2.04. The number of nitrogens with one attached hydrogen (secondary N) is 3. The first-order chi connectivity index (χ1) is 7.67. The highest BCUT2D eigenvalue weighted by atomic mass is 32.1. The van der Waals surface area contributed by atoms with E-state index in [0.717, 1.165) is 5.69 Å². The topological polar surface area (TPSA) is 62.4 Å². The average Bonchev–Trinajstić information content (AvgIpc) is 2.29. The van der Waals surface area contributed by atoms with Crippen LogP contribution >= 0.6 is 12.2 Å². The number of hydrogen-bond donors (Lipinski definition) is 3. The fourth-order valence-corrected chi connectivity index (χ4v) is 1.30. The number of thiocarbonyl (C=S) groups is 1. The summed E-state index contributed by atoms with van der Waals surface area (Å²) in [6.07, 6.45) is 0. The molecule has 0 unspecified atom stereocenters. The molecular weight excluding hydrogens is 226 g/mol. The lowest BCUT2D eigenvalue weighted by Crippen LogP contribution is -2.37. The Morgan fingerprint density at radius 2 is 1.94 bits per heavy atom. The van der Waals surface area contributed by atoms with Crippen LogP contribution in [0.5, 0.6) is 0 Å². The van der Waals surface area contributed by atoms with Crippen LogP contribution in [-0.4, -0.2) is 25.2 Å². The van der Waals surface area contributed by atoms with E-state index in [0.29, 0.717) is 10.7 Å². The lowest BCUT2D eigenvalue weighted by Gasteiger charge is -2.09. The number of benzene rings is 1. The summed E-state index contributed by atoms with van der Waals surface area (Å²) in [6.45, 7) is 0. The molecule has 86 valence electrons. The van der Waals surface area contributed by atoms with Crippen molar-refractivity contribution in [1.29, 1.82) is 0 Å². The van der Waals surface area contributed by atoms with Crippen molar-refractivity contribution < 1.29 is 9.53 Å². The first-order valence-electron chi connectivity index (χ1n) is 4.59. The van der Waals surface area contributed by atoms with E-state index in [4.69, 9.17) is 12.2 Å². The van der Waals surface area contributed by atoms with E-state index < -0.39 is 0 Å². The molecule has 0 saturated carbocycles. The number of carbonyl (C=O) groups excluding carboxylic acids is 1. The van der Waals surface area contributed by atoms with Gasteiger partial charge in [0.15, 0.2) is 5.11 Å². The maximum absolute atomic E-state index is 11.2. The van der Waals surface area contributed by atoms with Gasteiger partial charge < -0.3 is 10.1 Å². The second-order valence-electron chi connectivity index (χ2n) is 2.90. The van der Waals surface area contributed by atoms with Crippen LogP contribution in [0.4, 0.5) is 5.69 Å². The zero-order valence-corrected chi connectivity index (χ0v) is 9.85. The Hall–Kier alpha value is -1.66. The third-order valence-electron chi connectivity index (χ3n) is 1.80. The summed E-state index contributed by atoms with van der Waals surface area (Å²) in [6, 6.07) is 6.82. The minimum atomic E-state index is -0.359. The predicted octanol–water partition coefficient (Wildman–Crippen LogP) is 0.894. The second-order valence-corrected chi connectivity index (χ2v) is 3.31. The highest BCUT2D eigenvalue weighted by Crippen LogP contribution is 2.10. The molecule has 6 heteroatoms. The third kappa shape index (κ3) is 3.48. The molecule has 0 aliphatic rings. The summed E-state index contributed by atoms with van der Waals surface area (Å²) in [5.74, 6) is -0.359. The normalized spacial score (nSPS) is 9.38. The number of ether oxygens (including phenoxy) is 1. The molecule has 0 aromatic heterocycles. The van der Waals surface area contributed by atoms with Crippen molar-refractivity contribution in [3.05, 3.63) is 29.8 Å². The third-order valence-corrected chi connectivity index (χ3v) is 2.01. The second kappa shape index (κ2) is 6.04. The molecule has 0 heterocycles. The van der Waals surface area contributed by atoms with Crippen LogP contribution in [-0.2, 0) is 4.74 Å². The first kappa shape index (κ1) is 12.4. The number of esters is 1. The van der Waals surface area contributed by atoms with Crippen LogP contribution in [0.2, 0.25) is 0 Å². The lowest BCUT2D eigenvalue weighted by atomic mass is 10.2. The van der Waals surface area contributed by atoms with Crippen LogP contribution in [0.15, 0.2) is 24.3 Å². The highest BCUT2D eigenvalue weighted by molar-refractivity contribution is 7.80. The molecule has 0 bridgehead atoms. The van der Waals surface area contributed by atoms with Gasteiger partial charge in [-0.05, 0) is 36.5 Å². The van der Waals surface area contributed by atoms with Gasteiger partial charge in [0.2, 0.25) is 0 Å². The zero-order valence-electron chi connectivity index (χ0n) is 9.03. The molecule has 0 aliphatic carbocycles. The van der Waals surface area contributed by atoms with Gasteiger partial charge in [-0.15, -0.1) is 0 Å². The van der Waals surface area contributed by atoms with Crippen molar-refractivity contribution >= 4 is 29.0 Å². The molecule has 1 rings (SSSR count). The van der Waals surface area contributed by atoms with Gasteiger partial charge in [0.25, 0.3) is 0 Å². The Kier molecular flexibility index (Phi) is 4.68. The molecule has 0 saturated heterocycles. The molecule has 1 aromatic rings. The maximum atomic E-state index is 11.2. The first-order valence-corrected chi connectivity index (χ1v) is 5.00. The molecule has 0 atom stereocenters. The van der Waals surface area contributed by atoms with Crippen LogP contribution in [0.3, 0.4) is 0 Å². The number of hydrogen-bond acceptors (Lipinski definition) is 4. The quantitative estimate of drug-likeness (QED) is 0.414. The van der Waals surface area contributed by atoms with E-state index in [2.05, 4.69) is 20.9 Å². The molecule has 0 amide bonds. The summed E-state index contributed by atoms with van der Waals surface area (Å²) in [4.78, 5) is 11.2. The van der Waals surface area contributed by atoms with E-state index in [1.54, 1.807) is 31.3 Å².